The maximum atomic E-state index is 9.55. The van der Waals surface area contributed by atoms with Crippen LogP contribution in [0.2, 0.25) is 5.02 Å². The molecule has 27 heavy (non-hydrogen) atoms. The van der Waals surface area contributed by atoms with Gasteiger partial charge in [0.15, 0.2) is 0 Å². The summed E-state index contributed by atoms with van der Waals surface area (Å²) in [4.78, 5) is 24.0. The number of nitrogens with zero attached hydrogens (tertiary/aromatic N) is 2. The van der Waals surface area contributed by atoms with Gasteiger partial charge < -0.3 is 24.7 Å². The predicted molar refractivity (Wildman–Crippen MR) is 102 cm³/mol. The van der Waals surface area contributed by atoms with E-state index in [2.05, 4.69) is 23.9 Å². The molecule has 2 aliphatic heterocycles. The molecule has 2 heterocycles. The Hall–Kier alpha value is -2.09. The Morgan fingerprint density at radius 3 is 1.74 bits per heavy atom. The van der Waals surface area contributed by atoms with Crippen molar-refractivity contribution < 1.29 is 24.5 Å². The summed E-state index contributed by atoms with van der Waals surface area (Å²) in [7, 11) is 4.42. The van der Waals surface area contributed by atoms with E-state index in [1.165, 1.54) is 0 Å². The predicted octanol–water partition coefficient (Wildman–Crippen LogP) is 1.92. The molecule has 1 aromatic rings. The molecule has 2 bridgehead atoms. The van der Waals surface area contributed by atoms with Crippen molar-refractivity contribution in [3.8, 4) is 5.75 Å². The number of hydrogen-bond acceptors (Lipinski definition) is 5. The lowest BCUT2D eigenvalue weighted by atomic mass is 9.82. The van der Waals surface area contributed by atoms with E-state index in [1.807, 2.05) is 24.3 Å². The monoisotopic (exact) mass is 396 g/mol. The van der Waals surface area contributed by atoms with Crippen LogP contribution >= 0.6 is 11.6 Å². The number of carboxylic acid groups (broad SMARTS) is 2. The highest BCUT2D eigenvalue weighted by atomic mass is 35.5. The first-order valence-electron chi connectivity index (χ1n) is 8.68. The summed E-state index contributed by atoms with van der Waals surface area (Å²) in [5.74, 6) is -0.380. The van der Waals surface area contributed by atoms with Crippen molar-refractivity contribution in [3.05, 3.63) is 41.4 Å². The third-order valence-corrected chi connectivity index (χ3v) is 4.82. The van der Waals surface area contributed by atoms with E-state index in [9.17, 15) is 9.59 Å². The van der Waals surface area contributed by atoms with Gasteiger partial charge in [-0.05, 0) is 38.4 Å². The highest BCUT2D eigenvalue weighted by Crippen LogP contribution is 2.31. The van der Waals surface area contributed by atoms with E-state index in [0.29, 0.717) is 30.1 Å². The maximum absolute atomic E-state index is 9.55. The molecule has 2 saturated heterocycles. The normalized spacial score (nSPS) is 25.5. The van der Waals surface area contributed by atoms with Gasteiger partial charge in [0.1, 0.15) is 11.9 Å². The number of ether oxygens (including phenoxy) is 1. The Morgan fingerprint density at radius 2 is 1.37 bits per heavy atom. The van der Waals surface area contributed by atoms with Gasteiger partial charge in [0, 0.05) is 55.2 Å². The molecule has 0 unspecified atom stereocenters. The lowest BCUT2D eigenvalue weighted by Gasteiger charge is -2.48. The Morgan fingerprint density at radius 1 is 0.963 bits per heavy atom. The van der Waals surface area contributed by atoms with Crippen LogP contribution in [0.4, 0.5) is 0 Å². The summed E-state index contributed by atoms with van der Waals surface area (Å²) in [6.07, 6.45) is 1.46. The molecule has 0 saturated carbocycles. The van der Waals surface area contributed by atoms with Crippen LogP contribution in [-0.4, -0.2) is 78.3 Å². The lowest BCUT2D eigenvalue weighted by molar-refractivity contribution is -0.134. The van der Waals surface area contributed by atoms with Gasteiger partial charge >= 0.3 is 11.9 Å². The van der Waals surface area contributed by atoms with Crippen molar-refractivity contribution in [2.24, 2.45) is 11.8 Å². The number of carbonyl (C=O) groups is 2. The van der Waals surface area contributed by atoms with Crippen LogP contribution < -0.4 is 4.74 Å². The van der Waals surface area contributed by atoms with E-state index in [-0.39, 0.29) is 0 Å². The summed E-state index contributed by atoms with van der Waals surface area (Å²) in [6.45, 7) is 4.50. The summed E-state index contributed by atoms with van der Waals surface area (Å²) in [5.41, 5.74) is 0. The Kier molecular flexibility index (Phi) is 7.65. The largest absolute Gasteiger partial charge is 0.490 e. The van der Waals surface area contributed by atoms with Gasteiger partial charge in [-0.3, -0.25) is 0 Å². The molecule has 0 radical (unpaired) electrons. The van der Waals surface area contributed by atoms with Crippen LogP contribution in [-0.2, 0) is 9.59 Å². The van der Waals surface area contributed by atoms with Gasteiger partial charge in [-0.25, -0.2) is 9.59 Å². The Labute approximate surface area is 163 Å². The van der Waals surface area contributed by atoms with Crippen molar-refractivity contribution in [1.82, 2.24) is 9.80 Å². The number of hydrogen-bond donors (Lipinski definition) is 2. The van der Waals surface area contributed by atoms with Crippen molar-refractivity contribution in [2.75, 3.05) is 40.3 Å². The minimum Gasteiger partial charge on any atom is -0.490 e. The molecule has 2 N–H and O–H groups in total. The molecule has 1 aromatic carbocycles. The number of rotatable bonds is 4. The summed E-state index contributed by atoms with van der Waals surface area (Å²) < 4.78 is 6.26. The van der Waals surface area contributed by atoms with Crippen LogP contribution in [0.15, 0.2) is 36.4 Å². The van der Waals surface area contributed by atoms with E-state index in [0.717, 1.165) is 37.0 Å². The average molecular weight is 397 g/mol. The van der Waals surface area contributed by atoms with E-state index < -0.39 is 11.9 Å². The van der Waals surface area contributed by atoms with Crippen molar-refractivity contribution >= 4 is 23.5 Å². The molecule has 7 nitrogen and oxygen atoms in total. The zero-order valence-corrected chi connectivity index (χ0v) is 16.2. The summed E-state index contributed by atoms with van der Waals surface area (Å²) in [6, 6.07) is 7.74. The molecule has 0 aromatic heterocycles. The molecular formula is C19H25ClN2O5. The lowest BCUT2D eigenvalue weighted by Crippen LogP contribution is -2.60. The SMILES string of the molecule is CN1CC2CN(C)CC(C1)C2Oc1ccc(Cl)cc1.O=C(O)/C=C/C(=O)O. The molecule has 3 rings (SSSR count). The van der Waals surface area contributed by atoms with Crippen LogP contribution in [0.5, 0.6) is 5.75 Å². The van der Waals surface area contributed by atoms with Gasteiger partial charge in [0.05, 0.1) is 0 Å². The third-order valence-electron chi connectivity index (χ3n) is 4.57. The third kappa shape index (κ3) is 6.86. The fourth-order valence-corrected chi connectivity index (χ4v) is 3.80. The second-order valence-electron chi connectivity index (χ2n) is 7.01. The first kappa shape index (κ1) is 21.2. The Balaban J connectivity index is 0.000000279. The zero-order chi connectivity index (χ0) is 20.0. The molecular weight excluding hydrogens is 372 g/mol. The van der Waals surface area contributed by atoms with Crippen LogP contribution in [0.3, 0.4) is 0 Å². The number of halogens is 1. The minimum atomic E-state index is -1.26. The number of benzene rings is 1. The van der Waals surface area contributed by atoms with Gasteiger partial charge in [0.25, 0.3) is 0 Å². The fraction of sp³-hybridized carbons (Fsp3) is 0.474. The smallest absolute Gasteiger partial charge is 0.328 e. The molecule has 0 spiro atoms. The number of fused-ring (bicyclic) bond motifs is 2. The molecule has 2 fully saturated rings. The van der Waals surface area contributed by atoms with Gasteiger partial charge in [-0.1, -0.05) is 11.6 Å². The van der Waals surface area contributed by atoms with Crippen molar-refractivity contribution in [1.29, 1.82) is 0 Å². The molecule has 8 heteroatoms. The molecule has 148 valence electrons. The Bertz CT molecular complexity index is 633. The van der Waals surface area contributed by atoms with Crippen LogP contribution in [0.25, 0.3) is 0 Å². The summed E-state index contributed by atoms with van der Waals surface area (Å²) in [5, 5.41) is 16.4. The number of likely N-dealkylation sites (tertiary alicyclic amines) is 2. The zero-order valence-electron chi connectivity index (χ0n) is 15.4. The first-order chi connectivity index (χ1) is 12.7. The van der Waals surface area contributed by atoms with E-state index in [1.54, 1.807) is 0 Å². The van der Waals surface area contributed by atoms with E-state index in [4.69, 9.17) is 26.6 Å². The second-order valence-corrected chi connectivity index (χ2v) is 7.45. The van der Waals surface area contributed by atoms with Crippen molar-refractivity contribution in [2.45, 2.75) is 6.10 Å². The topological polar surface area (TPSA) is 90.3 Å². The second kappa shape index (κ2) is 9.73. The average Bonchev–Trinajstić information content (AvgIpc) is 2.57. The highest BCUT2D eigenvalue weighted by Gasteiger charge is 2.41. The number of aliphatic carboxylic acids is 2. The van der Waals surface area contributed by atoms with Gasteiger partial charge in [0.2, 0.25) is 0 Å². The molecule has 2 aliphatic rings. The first-order valence-corrected chi connectivity index (χ1v) is 9.05. The van der Waals surface area contributed by atoms with Gasteiger partial charge in [-0.15, -0.1) is 0 Å². The molecule has 0 atom stereocenters. The number of carboxylic acids is 2. The quantitative estimate of drug-likeness (QED) is 0.751. The minimum absolute atomic E-state index is 0.341. The standard InChI is InChI=1S/C15H21ClN2O.C4H4O4/c1-17-7-11-9-18(2)10-12(8-17)15(11)19-14-5-3-13(16)4-6-14;5-3(6)1-2-4(7)8/h3-6,11-12,15H,7-10H2,1-2H3;1-2H,(H,5,6)(H,7,8)/b;2-1+. The fourth-order valence-electron chi connectivity index (χ4n) is 3.67. The van der Waals surface area contributed by atoms with Crippen LogP contribution in [0, 0.1) is 11.8 Å². The van der Waals surface area contributed by atoms with Gasteiger partial charge in [-0.2, -0.15) is 0 Å². The molecule has 0 amide bonds. The van der Waals surface area contributed by atoms with Crippen molar-refractivity contribution in [3.63, 3.8) is 0 Å². The number of piperidine rings is 2. The molecule has 0 aliphatic carbocycles. The summed E-state index contributed by atoms with van der Waals surface area (Å²) >= 11 is 5.92. The highest BCUT2D eigenvalue weighted by molar-refractivity contribution is 6.30. The maximum Gasteiger partial charge on any atom is 0.328 e. The van der Waals surface area contributed by atoms with E-state index >= 15 is 0 Å². The van der Waals surface area contributed by atoms with Crippen LogP contribution in [0.1, 0.15) is 0 Å².